The van der Waals surface area contributed by atoms with E-state index in [0.717, 1.165) is 31.6 Å². The Kier molecular flexibility index (Phi) is 4.52. The van der Waals surface area contributed by atoms with E-state index in [2.05, 4.69) is 4.90 Å². The molecule has 1 fully saturated rings. The molecule has 0 radical (unpaired) electrons. The fourth-order valence-electron chi connectivity index (χ4n) is 2.29. The first-order valence-electron chi connectivity index (χ1n) is 6.70. The first-order valence-corrected chi connectivity index (χ1v) is 6.70. The molecule has 1 saturated heterocycles. The van der Waals surface area contributed by atoms with E-state index in [-0.39, 0.29) is 5.69 Å². The number of nitrogens with zero attached hydrogens (tertiary/aromatic N) is 1. The van der Waals surface area contributed by atoms with Gasteiger partial charge in [-0.3, -0.25) is 4.79 Å². The van der Waals surface area contributed by atoms with Crippen LogP contribution < -0.4 is 10.2 Å². The fourth-order valence-corrected chi connectivity index (χ4v) is 2.29. The number of carbonyl (C=O) groups excluding carboxylic acids is 1. The third-order valence-electron chi connectivity index (χ3n) is 3.35. The van der Waals surface area contributed by atoms with Gasteiger partial charge in [0.05, 0.1) is 0 Å². The van der Waals surface area contributed by atoms with Crippen LogP contribution >= 0.6 is 0 Å². The van der Waals surface area contributed by atoms with Crippen LogP contribution in [0.1, 0.15) is 25.7 Å². The minimum Gasteiger partial charge on any atom is -0.372 e. The Morgan fingerprint density at radius 2 is 1.55 bits per heavy atom. The highest BCUT2D eigenvalue weighted by atomic mass is 19.4. The highest BCUT2D eigenvalue weighted by Crippen LogP contribution is 2.23. The molecule has 0 aromatic heterocycles. The Hall–Kier alpha value is -1.72. The molecule has 1 aliphatic rings. The van der Waals surface area contributed by atoms with E-state index in [0.29, 0.717) is 0 Å². The van der Waals surface area contributed by atoms with E-state index >= 15 is 0 Å². The molecule has 0 saturated carbocycles. The van der Waals surface area contributed by atoms with Crippen molar-refractivity contribution < 1.29 is 18.0 Å². The summed E-state index contributed by atoms with van der Waals surface area (Å²) in [7, 11) is 0. The molecule has 3 nitrogen and oxygen atoms in total. The topological polar surface area (TPSA) is 32.3 Å². The quantitative estimate of drug-likeness (QED) is 0.901. The molecule has 6 heteroatoms. The van der Waals surface area contributed by atoms with Crippen molar-refractivity contribution in [3.63, 3.8) is 0 Å². The van der Waals surface area contributed by atoms with E-state index < -0.39 is 12.1 Å². The van der Waals surface area contributed by atoms with Crippen LogP contribution in [0.4, 0.5) is 24.5 Å². The summed E-state index contributed by atoms with van der Waals surface area (Å²) < 4.78 is 36.4. The van der Waals surface area contributed by atoms with Gasteiger partial charge in [-0.1, -0.05) is 12.8 Å². The number of nitrogens with one attached hydrogen (secondary N) is 1. The second-order valence-electron chi connectivity index (χ2n) is 4.90. The zero-order chi connectivity index (χ0) is 14.6. The van der Waals surface area contributed by atoms with Crippen LogP contribution in [0.3, 0.4) is 0 Å². The fraction of sp³-hybridized carbons (Fsp3) is 0.500. The van der Waals surface area contributed by atoms with Crippen LogP contribution in [0.2, 0.25) is 0 Å². The van der Waals surface area contributed by atoms with Gasteiger partial charge < -0.3 is 10.2 Å². The van der Waals surface area contributed by atoms with Crippen LogP contribution in [-0.2, 0) is 4.79 Å². The number of halogens is 3. The Morgan fingerprint density at radius 1 is 1.00 bits per heavy atom. The number of hydrogen-bond donors (Lipinski definition) is 1. The van der Waals surface area contributed by atoms with Gasteiger partial charge in [-0.25, -0.2) is 0 Å². The minimum atomic E-state index is -4.86. The molecule has 0 bridgehead atoms. The molecule has 1 aromatic carbocycles. The summed E-state index contributed by atoms with van der Waals surface area (Å²) in [5.74, 6) is -1.94. The van der Waals surface area contributed by atoms with Crippen molar-refractivity contribution >= 4 is 17.3 Å². The maximum atomic E-state index is 12.1. The van der Waals surface area contributed by atoms with Crippen molar-refractivity contribution in [2.45, 2.75) is 31.9 Å². The van der Waals surface area contributed by atoms with Gasteiger partial charge >= 0.3 is 12.1 Å². The van der Waals surface area contributed by atoms with Crippen molar-refractivity contribution in [2.75, 3.05) is 23.3 Å². The average Bonchev–Trinajstić information content (AvgIpc) is 2.67. The van der Waals surface area contributed by atoms with Gasteiger partial charge in [0.1, 0.15) is 0 Å². The second-order valence-corrected chi connectivity index (χ2v) is 4.90. The highest BCUT2D eigenvalue weighted by molar-refractivity contribution is 5.95. The number of alkyl halides is 3. The molecule has 0 atom stereocenters. The van der Waals surface area contributed by atoms with E-state index in [4.69, 9.17) is 0 Å². The summed E-state index contributed by atoms with van der Waals surface area (Å²) in [6.45, 7) is 1.93. The molecule has 20 heavy (non-hydrogen) atoms. The van der Waals surface area contributed by atoms with Gasteiger partial charge in [0.25, 0.3) is 0 Å². The molecule has 1 heterocycles. The second kappa shape index (κ2) is 6.15. The Labute approximate surface area is 115 Å². The summed E-state index contributed by atoms with van der Waals surface area (Å²) in [6, 6.07) is 6.50. The maximum Gasteiger partial charge on any atom is 0.471 e. The lowest BCUT2D eigenvalue weighted by Crippen LogP contribution is -2.30. The lowest BCUT2D eigenvalue weighted by Gasteiger charge is -2.22. The van der Waals surface area contributed by atoms with Crippen LogP contribution in [0.5, 0.6) is 0 Å². The monoisotopic (exact) mass is 286 g/mol. The number of carbonyl (C=O) groups is 1. The van der Waals surface area contributed by atoms with Crippen LogP contribution in [-0.4, -0.2) is 25.2 Å². The lowest BCUT2D eigenvalue weighted by atomic mass is 10.2. The molecule has 110 valence electrons. The zero-order valence-electron chi connectivity index (χ0n) is 11.0. The number of hydrogen-bond acceptors (Lipinski definition) is 2. The predicted molar refractivity (Wildman–Crippen MR) is 71.8 cm³/mol. The summed E-state index contributed by atoms with van der Waals surface area (Å²) in [6.07, 6.45) is -0.158. The van der Waals surface area contributed by atoms with Gasteiger partial charge in [-0.05, 0) is 37.1 Å². The lowest BCUT2D eigenvalue weighted by molar-refractivity contribution is -0.167. The van der Waals surface area contributed by atoms with Crippen LogP contribution in [0, 0.1) is 0 Å². The van der Waals surface area contributed by atoms with Crippen LogP contribution in [0.25, 0.3) is 0 Å². The summed E-state index contributed by atoms with van der Waals surface area (Å²) in [5.41, 5.74) is 1.14. The average molecular weight is 286 g/mol. The zero-order valence-corrected chi connectivity index (χ0v) is 11.0. The van der Waals surface area contributed by atoms with E-state index in [9.17, 15) is 18.0 Å². The Bertz CT molecular complexity index is 448. The van der Waals surface area contributed by atoms with Gasteiger partial charge in [0, 0.05) is 24.5 Å². The summed E-state index contributed by atoms with van der Waals surface area (Å²) >= 11 is 0. The number of benzene rings is 1. The predicted octanol–water partition coefficient (Wildman–Crippen LogP) is 3.57. The standard InChI is InChI=1S/C14H17F3N2O/c15-14(16,17)13(20)18-11-5-7-12(8-6-11)19-9-3-1-2-4-10-19/h5-8H,1-4,9-10H2,(H,18,20). The smallest absolute Gasteiger partial charge is 0.372 e. The summed E-state index contributed by atoms with van der Waals surface area (Å²) in [4.78, 5) is 13.0. The minimum absolute atomic E-state index is 0.158. The Morgan fingerprint density at radius 3 is 2.05 bits per heavy atom. The molecule has 1 aromatic rings. The van der Waals surface area contributed by atoms with Gasteiger partial charge in [-0.15, -0.1) is 0 Å². The van der Waals surface area contributed by atoms with Gasteiger partial charge in [0.15, 0.2) is 0 Å². The number of rotatable bonds is 2. The van der Waals surface area contributed by atoms with Crippen molar-refractivity contribution in [2.24, 2.45) is 0 Å². The SMILES string of the molecule is O=C(Nc1ccc(N2CCCCCC2)cc1)C(F)(F)F. The third-order valence-corrected chi connectivity index (χ3v) is 3.35. The molecular weight excluding hydrogens is 269 g/mol. The summed E-state index contributed by atoms with van der Waals surface area (Å²) in [5, 5.41) is 1.84. The molecule has 0 unspecified atom stereocenters. The van der Waals surface area contributed by atoms with Gasteiger partial charge in [0.2, 0.25) is 0 Å². The molecule has 1 aliphatic heterocycles. The van der Waals surface area contributed by atoms with Crippen molar-refractivity contribution in [1.82, 2.24) is 0 Å². The van der Waals surface area contributed by atoms with Crippen molar-refractivity contribution in [3.8, 4) is 0 Å². The molecular formula is C14H17F3N2O. The van der Waals surface area contributed by atoms with E-state index in [1.54, 1.807) is 12.1 Å². The highest BCUT2D eigenvalue weighted by Gasteiger charge is 2.38. The van der Waals surface area contributed by atoms with Crippen molar-refractivity contribution in [3.05, 3.63) is 24.3 Å². The third kappa shape index (κ3) is 3.88. The van der Waals surface area contributed by atoms with Crippen molar-refractivity contribution in [1.29, 1.82) is 0 Å². The molecule has 0 spiro atoms. The molecule has 1 amide bonds. The Balaban J connectivity index is 2.00. The first-order chi connectivity index (χ1) is 9.47. The molecule has 0 aliphatic carbocycles. The largest absolute Gasteiger partial charge is 0.471 e. The van der Waals surface area contributed by atoms with Crippen LogP contribution in [0.15, 0.2) is 24.3 Å². The number of amides is 1. The first kappa shape index (κ1) is 14.7. The van der Waals surface area contributed by atoms with E-state index in [1.165, 1.54) is 25.0 Å². The normalized spacial score (nSPS) is 16.6. The molecule has 1 N–H and O–H groups in total. The number of anilines is 2. The van der Waals surface area contributed by atoms with E-state index in [1.807, 2.05) is 5.32 Å². The molecule has 2 rings (SSSR count). The maximum absolute atomic E-state index is 12.1. The van der Waals surface area contributed by atoms with Gasteiger partial charge in [-0.2, -0.15) is 13.2 Å².